The van der Waals surface area contributed by atoms with Gasteiger partial charge >= 0.3 is 0 Å². The molecule has 0 spiro atoms. The van der Waals surface area contributed by atoms with Gasteiger partial charge < -0.3 is 5.32 Å². The van der Waals surface area contributed by atoms with E-state index in [9.17, 15) is 0 Å². The minimum absolute atomic E-state index is 0.789. The first-order chi connectivity index (χ1) is 9.79. The number of hydrogen-bond acceptors (Lipinski definition) is 1. The normalized spacial score (nSPS) is 17.4. The summed E-state index contributed by atoms with van der Waals surface area (Å²) < 4.78 is 1.15. The molecule has 1 aliphatic rings. The smallest absolute Gasteiger partial charge is 0.0175 e. The quantitative estimate of drug-likeness (QED) is 0.685. The summed E-state index contributed by atoms with van der Waals surface area (Å²) in [4.78, 5) is 0. The van der Waals surface area contributed by atoms with Gasteiger partial charge in [-0.05, 0) is 49.4 Å². The van der Waals surface area contributed by atoms with Crippen molar-refractivity contribution < 1.29 is 0 Å². The summed E-state index contributed by atoms with van der Waals surface area (Å²) in [6, 6.07) is 8.66. The Kier molecular flexibility index (Phi) is 6.81. The zero-order chi connectivity index (χ0) is 14.2. The van der Waals surface area contributed by atoms with Gasteiger partial charge in [0.25, 0.3) is 0 Å². The zero-order valence-corrected chi connectivity index (χ0v) is 14.1. The number of rotatable bonds is 6. The van der Waals surface area contributed by atoms with E-state index in [0.29, 0.717) is 0 Å². The third kappa shape index (κ3) is 5.06. The monoisotopic (exact) mass is 335 g/mol. The number of halogens is 1. The standard InChI is InChI=1S/C18H26BrN/c1-2-12-20-14-17(16-6-4-3-5-7-16)13-15-8-10-18(19)11-9-15/h8-11,13,16,20H,2-7,12,14H2,1H3/b17-13-. The van der Waals surface area contributed by atoms with E-state index in [1.807, 2.05) is 0 Å². The third-order valence-corrected chi connectivity index (χ3v) is 4.64. The van der Waals surface area contributed by atoms with Crippen molar-refractivity contribution in [2.45, 2.75) is 45.4 Å². The van der Waals surface area contributed by atoms with E-state index in [-0.39, 0.29) is 0 Å². The van der Waals surface area contributed by atoms with Gasteiger partial charge in [0.05, 0.1) is 0 Å². The summed E-state index contributed by atoms with van der Waals surface area (Å²) in [5, 5.41) is 3.59. The Labute approximate surface area is 132 Å². The van der Waals surface area contributed by atoms with Gasteiger partial charge in [-0.2, -0.15) is 0 Å². The van der Waals surface area contributed by atoms with Gasteiger partial charge in [0.2, 0.25) is 0 Å². The van der Waals surface area contributed by atoms with E-state index >= 15 is 0 Å². The Morgan fingerprint density at radius 2 is 1.90 bits per heavy atom. The van der Waals surface area contributed by atoms with Gasteiger partial charge in [0.1, 0.15) is 0 Å². The number of hydrogen-bond donors (Lipinski definition) is 1. The van der Waals surface area contributed by atoms with Crippen LogP contribution in [0.5, 0.6) is 0 Å². The van der Waals surface area contributed by atoms with Crippen molar-refractivity contribution in [2.24, 2.45) is 5.92 Å². The van der Waals surface area contributed by atoms with Crippen molar-refractivity contribution in [1.29, 1.82) is 0 Å². The average Bonchev–Trinajstić information content (AvgIpc) is 2.49. The SMILES string of the molecule is CCCNC/C(=C/c1ccc(Br)cc1)C1CCCCC1. The molecule has 0 heterocycles. The first-order valence-corrected chi connectivity index (χ1v) is 8.75. The van der Waals surface area contributed by atoms with Gasteiger partial charge in [-0.3, -0.25) is 0 Å². The lowest BCUT2D eigenvalue weighted by atomic mass is 9.83. The molecule has 0 bridgehead atoms. The maximum Gasteiger partial charge on any atom is 0.0175 e. The van der Waals surface area contributed by atoms with Gasteiger partial charge in [-0.25, -0.2) is 0 Å². The first-order valence-electron chi connectivity index (χ1n) is 7.96. The molecule has 110 valence electrons. The van der Waals surface area contributed by atoms with E-state index < -0.39 is 0 Å². The molecular formula is C18H26BrN. The molecule has 2 rings (SSSR count). The van der Waals surface area contributed by atoms with Gasteiger partial charge in [0.15, 0.2) is 0 Å². The third-order valence-electron chi connectivity index (χ3n) is 4.11. The van der Waals surface area contributed by atoms with E-state index in [1.165, 1.54) is 44.1 Å². The van der Waals surface area contributed by atoms with E-state index in [2.05, 4.69) is 58.5 Å². The maximum absolute atomic E-state index is 3.59. The highest BCUT2D eigenvalue weighted by molar-refractivity contribution is 9.10. The van der Waals surface area contributed by atoms with E-state index in [1.54, 1.807) is 5.57 Å². The summed E-state index contributed by atoms with van der Waals surface area (Å²) in [7, 11) is 0. The van der Waals surface area contributed by atoms with Crippen LogP contribution in [0.4, 0.5) is 0 Å². The highest BCUT2D eigenvalue weighted by Gasteiger charge is 2.17. The lowest BCUT2D eigenvalue weighted by molar-refractivity contribution is 0.396. The largest absolute Gasteiger partial charge is 0.313 e. The van der Waals surface area contributed by atoms with Gasteiger partial charge in [-0.1, -0.05) is 65.9 Å². The predicted octanol–water partition coefficient (Wildman–Crippen LogP) is 5.41. The lowest BCUT2D eigenvalue weighted by Crippen LogP contribution is -2.22. The predicted molar refractivity (Wildman–Crippen MR) is 91.9 cm³/mol. The van der Waals surface area contributed by atoms with E-state index in [0.717, 1.165) is 23.5 Å². The van der Waals surface area contributed by atoms with Crippen LogP contribution in [0.15, 0.2) is 34.3 Å². The molecule has 20 heavy (non-hydrogen) atoms. The van der Waals surface area contributed by atoms with Crippen LogP contribution >= 0.6 is 15.9 Å². The van der Waals surface area contributed by atoms with Crippen molar-refractivity contribution in [1.82, 2.24) is 5.32 Å². The van der Waals surface area contributed by atoms with Crippen LogP contribution in [0.1, 0.15) is 51.0 Å². The molecule has 0 atom stereocenters. The summed E-state index contributed by atoms with van der Waals surface area (Å²) >= 11 is 3.51. The van der Waals surface area contributed by atoms with Crippen molar-refractivity contribution in [3.8, 4) is 0 Å². The summed E-state index contributed by atoms with van der Waals surface area (Å²) in [5.74, 6) is 0.789. The minimum atomic E-state index is 0.789. The van der Waals surface area contributed by atoms with Crippen LogP contribution in [0.2, 0.25) is 0 Å². The van der Waals surface area contributed by atoms with Crippen LogP contribution in [-0.4, -0.2) is 13.1 Å². The van der Waals surface area contributed by atoms with Crippen molar-refractivity contribution in [3.63, 3.8) is 0 Å². The summed E-state index contributed by atoms with van der Waals surface area (Å²) in [6.45, 7) is 4.39. The molecule has 0 amide bonds. The molecule has 1 aliphatic carbocycles. The molecule has 0 aromatic heterocycles. The van der Waals surface area contributed by atoms with Gasteiger partial charge in [0, 0.05) is 11.0 Å². The van der Waals surface area contributed by atoms with Crippen LogP contribution in [0, 0.1) is 5.92 Å². The molecule has 1 N–H and O–H groups in total. The fraction of sp³-hybridized carbons (Fsp3) is 0.556. The van der Waals surface area contributed by atoms with Crippen LogP contribution in [0.3, 0.4) is 0 Å². The number of benzene rings is 1. The Morgan fingerprint density at radius 3 is 2.55 bits per heavy atom. The molecule has 1 saturated carbocycles. The highest BCUT2D eigenvalue weighted by Crippen LogP contribution is 2.30. The Morgan fingerprint density at radius 1 is 1.20 bits per heavy atom. The fourth-order valence-electron chi connectivity index (χ4n) is 2.97. The topological polar surface area (TPSA) is 12.0 Å². The van der Waals surface area contributed by atoms with Crippen molar-refractivity contribution >= 4 is 22.0 Å². The summed E-state index contributed by atoms with van der Waals surface area (Å²) in [5.41, 5.74) is 2.92. The average molecular weight is 336 g/mol. The first kappa shape index (κ1) is 15.8. The molecule has 0 unspecified atom stereocenters. The molecule has 2 heteroatoms. The Hall–Kier alpha value is -0.600. The maximum atomic E-state index is 3.59. The zero-order valence-electron chi connectivity index (χ0n) is 12.5. The lowest BCUT2D eigenvalue weighted by Gasteiger charge is -2.25. The molecule has 0 radical (unpaired) electrons. The van der Waals surface area contributed by atoms with Crippen molar-refractivity contribution in [3.05, 3.63) is 39.9 Å². The van der Waals surface area contributed by atoms with Gasteiger partial charge in [-0.15, -0.1) is 0 Å². The molecule has 1 nitrogen and oxygen atoms in total. The van der Waals surface area contributed by atoms with Crippen LogP contribution in [0.25, 0.3) is 6.08 Å². The second-order valence-corrected chi connectivity index (χ2v) is 6.70. The molecular weight excluding hydrogens is 310 g/mol. The van der Waals surface area contributed by atoms with E-state index in [4.69, 9.17) is 0 Å². The minimum Gasteiger partial charge on any atom is -0.313 e. The fourth-order valence-corrected chi connectivity index (χ4v) is 3.23. The second kappa shape index (κ2) is 8.63. The summed E-state index contributed by atoms with van der Waals surface area (Å²) in [6.07, 6.45) is 10.6. The molecule has 1 aromatic rings. The second-order valence-electron chi connectivity index (χ2n) is 5.78. The molecule has 0 aliphatic heterocycles. The van der Waals surface area contributed by atoms with Crippen molar-refractivity contribution in [2.75, 3.05) is 13.1 Å². The molecule has 1 aromatic carbocycles. The molecule has 1 fully saturated rings. The Bertz CT molecular complexity index is 416. The highest BCUT2D eigenvalue weighted by atomic mass is 79.9. The van der Waals surface area contributed by atoms with Crippen LogP contribution < -0.4 is 5.32 Å². The molecule has 0 saturated heterocycles. The number of nitrogens with one attached hydrogen (secondary N) is 1. The van der Waals surface area contributed by atoms with Crippen LogP contribution in [-0.2, 0) is 0 Å². The Balaban J connectivity index is 2.09.